The van der Waals surface area contributed by atoms with Crippen LogP contribution in [0.2, 0.25) is 0 Å². The van der Waals surface area contributed by atoms with Crippen LogP contribution in [0.4, 0.5) is 17.1 Å². The van der Waals surface area contributed by atoms with Crippen LogP contribution in [-0.2, 0) is 0 Å². The van der Waals surface area contributed by atoms with Gasteiger partial charge in [-0.25, -0.2) is 0 Å². The molecule has 2 nitrogen and oxygen atoms in total. The smallest absolute Gasteiger partial charge is 0.193 e. The normalized spacial score (nSPS) is 10.7. The van der Waals surface area contributed by atoms with Gasteiger partial charge < -0.3 is 4.90 Å². The fraction of sp³-hybridized carbons (Fsp3) is 0. The van der Waals surface area contributed by atoms with Gasteiger partial charge in [0.05, 0.1) is 5.69 Å². The molecule has 0 amide bonds. The first kappa shape index (κ1) is 24.1. The molecule has 0 radical (unpaired) electrons. The van der Waals surface area contributed by atoms with Crippen LogP contribution in [-0.4, -0.2) is 5.78 Å². The lowest BCUT2D eigenvalue weighted by molar-refractivity contribution is 0.103. The van der Waals surface area contributed by atoms with Crippen molar-refractivity contribution in [2.24, 2.45) is 0 Å². The minimum absolute atomic E-state index is 0.00756. The number of ketones is 1. The number of nitrogens with zero attached hydrogens (tertiary/aromatic N) is 1. The van der Waals surface area contributed by atoms with E-state index in [9.17, 15) is 4.79 Å². The summed E-state index contributed by atoms with van der Waals surface area (Å²) >= 11 is 0. The molecule has 0 aromatic heterocycles. The minimum Gasteiger partial charge on any atom is -0.310 e. The van der Waals surface area contributed by atoms with Gasteiger partial charge >= 0.3 is 0 Å². The first-order valence-electron chi connectivity index (χ1n) is 13.1. The number of para-hydroxylation sites is 1. The summed E-state index contributed by atoms with van der Waals surface area (Å²) in [6.45, 7) is 0. The molecule has 0 fully saturated rings. The summed E-state index contributed by atoms with van der Waals surface area (Å²) in [6, 6.07) is 55.2. The maximum Gasteiger partial charge on any atom is 0.193 e. The molecule has 0 aliphatic heterocycles. The number of hydrogen-bond donors (Lipinski definition) is 0. The van der Waals surface area contributed by atoms with Crippen LogP contribution in [0.1, 0.15) is 15.9 Å². The molecule has 0 N–H and O–H groups in total. The van der Waals surface area contributed by atoms with Crippen molar-refractivity contribution >= 4 is 22.8 Å². The molecule has 0 unspecified atom stereocenters. The summed E-state index contributed by atoms with van der Waals surface area (Å²) in [5.41, 5.74) is 8.90. The van der Waals surface area contributed by atoms with E-state index in [2.05, 4.69) is 108 Å². The van der Waals surface area contributed by atoms with Gasteiger partial charge in [-0.15, -0.1) is 0 Å². The Morgan fingerprint density at radius 2 is 0.949 bits per heavy atom. The first-order valence-corrected chi connectivity index (χ1v) is 13.1. The minimum atomic E-state index is 0.00756. The Bertz CT molecular complexity index is 1690. The van der Waals surface area contributed by atoms with Crippen LogP contribution < -0.4 is 4.90 Å². The van der Waals surface area contributed by atoms with Crippen molar-refractivity contribution in [3.8, 4) is 22.3 Å². The van der Waals surface area contributed by atoms with Crippen LogP contribution in [0.15, 0.2) is 164 Å². The Morgan fingerprint density at radius 3 is 1.64 bits per heavy atom. The van der Waals surface area contributed by atoms with Gasteiger partial charge in [0.25, 0.3) is 0 Å². The van der Waals surface area contributed by atoms with Gasteiger partial charge in [-0.05, 0) is 47.0 Å². The Morgan fingerprint density at radius 1 is 0.410 bits per heavy atom. The zero-order valence-corrected chi connectivity index (χ0v) is 21.4. The van der Waals surface area contributed by atoms with Crippen LogP contribution in [0.3, 0.4) is 0 Å². The largest absolute Gasteiger partial charge is 0.310 e. The standard InChI is InChI=1S/C37H27NO/c39-37(31-17-8-3-9-18-31)32-19-12-20-34(27-32)38(33-25-23-29(24-26-33)28-13-4-1-5-14-28)36-22-11-10-21-35(36)30-15-6-2-7-16-30/h1-27H. The monoisotopic (exact) mass is 501 g/mol. The molecule has 0 atom stereocenters. The Labute approximate surface area is 229 Å². The van der Waals surface area contributed by atoms with Gasteiger partial charge in [0.1, 0.15) is 0 Å². The fourth-order valence-corrected chi connectivity index (χ4v) is 4.93. The van der Waals surface area contributed by atoms with Gasteiger partial charge in [0.15, 0.2) is 5.78 Å². The molecule has 0 spiro atoms. The number of carbonyl (C=O) groups is 1. The van der Waals surface area contributed by atoms with Crippen LogP contribution in [0.5, 0.6) is 0 Å². The number of anilines is 3. The quantitative estimate of drug-likeness (QED) is 0.203. The highest BCUT2D eigenvalue weighted by Crippen LogP contribution is 2.41. The zero-order valence-electron chi connectivity index (χ0n) is 21.4. The second-order valence-corrected chi connectivity index (χ2v) is 9.38. The summed E-state index contributed by atoms with van der Waals surface area (Å²) in [7, 11) is 0. The molecule has 0 bridgehead atoms. The van der Waals surface area contributed by atoms with Gasteiger partial charge in [0.2, 0.25) is 0 Å². The second-order valence-electron chi connectivity index (χ2n) is 9.38. The molecule has 6 aromatic rings. The molecule has 0 saturated carbocycles. The number of benzene rings is 6. The second kappa shape index (κ2) is 11.0. The molecule has 186 valence electrons. The van der Waals surface area contributed by atoms with Gasteiger partial charge in [-0.1, -0.05) is 133 Å². The molecule has 0 saturated heterocycles. The van der Waals surface area contributed by atoms with E-state index in [4.69, 9.17) is 0 Å². The summed E-state index contributed by atoms with van der Waals surface area (Å²) in [6.07, 6.45) is 0. The molecule has 39 heavy (non-hydrogen) atoms. The van der Waals surface area contributed by atoms with Crippen molar-refractivity contribution < 1.29 is 4.79 Å². The van der Waals surface area contributed by atoms with E-state index in [1.807, 2.05) is 60.7 Å². The average Bonchev–Trinajstić information content (AvgIpc) is 3.03. The lowest BCUT2D eigenvalue weighted by Crippen LogP contribution is -2.12. The van der Waals surface area contributed by atoms with Crippen LogP contribution >= 0.6 is 0 Å². The third-order valence-electron chi connectivity index (χ3n) is 6.86. The summed E-state index contributed by atoms with van der Waals surface area (Å²) in [4.78, 5) is 15.6. The van der Waals surface area contributed by atoms with E-state index in [0.29, 0.717) is 11.1 Å². The molecule has 2 heteroatoms. The maximum absolute atomic E-state index is 13.4. The molecular weight excluding hydrogens is 474 g/mol. The van der Waals surface area contributed by atoms with Crippen molar-refractivity contribution in [3.05, 3.63) is 175 Å². The van der Waals surface area contributed by atoms with Gasteiger partial charge in [-0.2, -0.15) is 0 Å². The lowest BCUT2D eigenvalue weighted by atomic mass is 9.99. The van der Waals surface area contributed by atoms with E-state index < -0.39 is 0 Å². The number of hydrogen-bond acceptors (Lipinski definition) is 2. The van der Waals surface area contributed by atoms with E-state index in [1.165, 1.54) is 5.56 Å². The van der Waals surface area contributed by atoms with E-state index in [0.717, 1.165) is 33.8 Å². The van der Waals surface area contributed by atoms with Crippen molar-refractivity contribution in [1.82, 2.24) is 0 Å². The van der Waals surface area contributed by atoms with E-state index in [1.54, 1.807) is 0 Å². The molecule has 6 aromatic carbocycles. The maximum atomic E-state index is 13.4. The van der Waals surface area contributed by atoms with Crippen molar-refractivity contribution in [3.63, 3.8) is 0 Å². The summed E-state index contributed by atoms with van der Waals surface area (Å²) in [5, 5.41) is 0. The predicted molar refractivity (Wildman–Crippen MR) is 162 cm³/mol. The van der Waals surface area contributed by atoms with E-state index >= 15 is 0 Å². The number of rotatable bonds is 7. The van der Waals surface area contributed by atoms with Crippen molar-refractivity contribution in [2.75, 3.05) is 4.90 Å². The Hall–Kier alpha value is -5.21. The third-order valence-corrected chi connectivity index (χ3v) is 6.86. The Balaban J connectivity index is 1.49. The first-order chi connectivity index (χ1) is 19.3. The fourth-order valence-electron chi connectivity index (χ4n) is 4.93. The SMILES string of the molecule is O=C(c1ccccc1)c1cccc(N(c2ccc(-c3ccccc3)cc2)c2ccccc2-c2ccccc2)c1. The average molecular weight is 502 g/mol. The highest BCUT2D eigenvalue weighted by Gasteiger charge is 2.19. The predicted octanol–water partition coefficient (Wildman–Crippen LogP) is 9.72. The third kappa shape index (κ3) is 5.14. The van der Waals surface area contributed by atoms with E-state index in [-0.39, 0.29) is 5.78 Å². The van der Waals surface area contributed by atoms with Crippen molar-refractivity contribution in [1.29, 1.82) is 0 Å². The highest BCUT2D eigenvalue weighted by atomic mass is 16.1. The molecule has 0 aliphatic rings. The molecule has 0 aliphatic carbocycles. The van der Waals surface area contributed by atoms with Crippen LogP contribution in [0.25, 0.3) is 22.3 Å². The summed E-state index contributed by atoms with van der Waals surface area (Å²) in [5.74, 6) is 0.00756. The highest BCUT2D eigenvalue weighted by molar-refractivity contribution is 6.09. The zero-order chi connectivity index (χ0) is 26.4. The van der Waals surface area contributed by atoms with Gasteiger partial charge in [-0.3, -0.25) is 4.79 Å². The van der Waals surface area contributed by atoms with Crippen molar-refractivity contribution in [2.45, 2.75) is 0 Å². The summed E-state index contributed by atoms with van der Waals surface area (Å²) < 4.78 is 0. The molecular formula is C37H27NO. The topological polar surface area (TPSA) is 20.3 Å². The van der Waals surface area contributed by atoms with Crippen LogP contribution in [0, 0.1) is 0 Å². The molecule has 6 rings (SSSR count). The van der Waals surface area contributed by atoms with Gasteiger partial charge in [0, 0.05) is 28.1 Å². The lowest BCUT2D eigenvalue weighted by Gasteiger charge is -2.28. The molecule has 0 heterocycles. The Kier molecular flexibility index (Phi) is 6.83. The number of carbonyl (C=O) groups excluding carboxylic acids is 1.